The standard InChI is InChI=1S/C20H33N7O2/c21-15-11-16(12-15)23-13-14-1-3-17(4-2-14)27-8-5-18(25-20(27)29)24-19(28)26-9-6-22-7-10-26/h5,8,14-17,22-23H,1-4,6-7,9-13,21H2,(H,24,25,28,29). The van der Waals surface area contributed by atoms with Crippen molar-refractivity contribution in [1.82, 2.24) is 25.1 Å². The predicted octanol–water partition coefficient (Wildman–Crippen LogP) is 0.491. The Bertz CT molecular complexity index is 747. The van der Waals surface area contributed by atoms with Crippen LogP contribution in [0.15, 0.2) is 17.1 Å². The minimum atomic E-state index is -0.284. The van der Waals surface area contributed by atoms with E-state index in [1.807, 2.05) is 0 Å². The molecule has 9 heteroatoms. The van der Waals surface area contributed by atoms with E-state index in [2.05, 4.69) is 20.9 Å². The van der Waals surface area contributed by atoms with Gasteiger partial charge in [0.15, 0.2) is 0 Å². The number of nitrogens with two attached hydrogens (primary N) is 1. The molecular weight excluding hydrogens is 370 g/mol. The maximum Gasteiger partial charge on any atom is 0.349 e. The molecule has 160 valence electrons. The first-order chi connectivity index (χ1) is 14.1. The van der Waals surface area contributed by atoms with Crippen LogP contribution in [-0.2, 0) is 0 Å². The van der Waals surface area contributed by atoms with E-state index in [1.54, 1.807) is 21.7 Å². The highest BCUT2D eigenvalue weighted by Gasteiger charge is 2.28. The monoisotopic (exact) mass is 403 g/mol. The minimum absolute atomic E-state index is 0.196. The molecule has 3 aliphatic rings. The molecule has 1 aromatic heterocycles. The predicted molar refractivity (Wildman–Crippen MR) is 112 cm³/mol. The smallest absolute Gasteiger partial charge is 0.328 e. The summed E-state index contributed by atoms with van der Waals surface area (Å²) >= 11 is 0. The number of nitrogens with one attached hydrogen (secondary N) is 3. The SMILES string of the molecule is NC1CC(NCC2CCC(n3ccc(NC(=O)N4CCNCC4)nc3=O)CC2)C1. The first-order valence-electron chi connectivity index (χ1n) is 10.9. The molecule has 3 fully saturated rings. The van der Waals surface area contributed by atoms with Crippen LogP contribution in [0.2, 0.25) is 0 Å². The molecule has 1 saturated heterocycles. The molecule has 0 unspecified atom stereocenters. The summed E-state index contributed by atoms with van der Waals surface area (Å²) in [5, 5.41) is 9.59. The van der Waals surface area contributed by atoms with Crippen molar-refractivity contribution < 1.29 is 4.79 Å². The number of carbonyl (C=O) groups excluding carboxylic acids is 1. The van der Waals surface area contributed by atoms with Crippen LogP contribution in [0.1, 0.15) is 44.6 Å². The molecule has 1 aliphatic heterocycles. The molecule has 5 N–H and O–H groups in total. The Balaban J connectivity index is 1.26. The number of hydrogen-bond acceptors (Lipinski definition) is 6. The number of piperazine rings is 1. The molecule has 1 aromatic rings. The summed E-state index contributed by atoms with van der Waals surface area (Å²) in [7, 11) is 0. The number of hydrogen-bond donors (Lipinski definition) is 4. The highest BCUT2D eigenvalue weighted by atomic mass is 16.2. The van der Waals surface area contributed by atoms with Crippen molar-refractivity contribution in [3.8, 4) is 0 Å². The zero-order valence-corrected chi connectivity index (χ0v) is 17.0. The Labute approximate surface area is 171 Å². The van der Waals surface area contributed by atoms with Crippen LogP contribution in [0, 0.1) is 5.92 Å². The molecule has 2 heterocycles. The Morgan fingerprint density at radius 3 is 2.59 bits per heavy atom. The summed E-state index contributed by atoms with van der Waals surface area (Å²) < 4.78 is 1.73. The Hall–Kier alpha value is -1.97. The lowest BCUT2D eigenvalue weighted by Gasteiger charge is -2.36. The molecular formula is C20H33N7O2. The fourth-order valence-electron chi connectivity index (χ4n) is 4.61. The average molecular weight is 404 g/mol. The van der Waals surface area contributed by atoms with Gasteiger partial charge in [-0.05, 0) is 57.1 Å². The molecule has 2 saturated carbocycles. The molecule has 2 aliphatic carbocycles. The molecule has 9 nitrogen and oxygen atoms in total. The van der Waals surface area contributed by atoms with E-state index < -0.39 is 0 Å². The lowest BCUT2D eigenvalue weighted by Crippen LogP contribution is -2.49. The second-order valence-electron chi connectivity index (χ2n) is 8.68. The number of urea groups is 1. The quantitative estimate of drug-likeness (QED) is 0.568. The topological polar surface area (TPSA) is 117 Å². The van der Waals surface area contributed by atoms with E-state index in [0.29, 0.717) is 36.9 Å². The van der Waals surface area contributed by atoms with Gasteiger partial charge in [0, 0.05) is 50.5 Å². The molecule has 2 amide bonds. The van der Waals surface area contributed by atoms with Gasteiger partial charge in [-0.2, -0.15) is 4.98 Å². The van der Waals surface area contributed by atoms with Crippen LogP contribution in [0.5, 0.6) is 0 Å². The van der Waals surface area contributed by atoms with Crippen LogP contribution >= 0.6 is 0 Å². The van der Waals surface area contributed by atoms with Gasteiger partial charge in [-0.25, -0.2) is 9.59 Å². The molecule has 0 aromatic carbocycles. The number of amides is 2. The van der Waals surface area contributed by atoms with Gasteiger partial charge in [0.2, 0.25) is 0 Å². The number of carbonyl (C=O) groups is 1. The summed E-state index contributed by atoms with van der Waals surface area (Å²) in [4.78, 5) is 30.6. The zero-order chi connectivity index (χ0) is 20.2. The van der Waals surface area contributed by atoms with Gasteiger partial charge in [-0.15, -0.1) is 0 Å². The third-order valence-corrected chi connectivity index (χ3v) is 6.55. The highest BCUT2D eigenvalue weighted by molar-refractivity contribution is 5.88. The van der Waals surface area contributed by atoms with E-state index in [0.717, 1.165) is 58.2 Å². The van der Waals surface area contributed by atoms with Crippen molar-refractivity contribution in [3.05, 3.63) is 22.7 Å². The number of anilines is 1. The second kappa shape index (κ2) is 9.23. The highest BCUT2D eigenvalue weighted by Crippen LogP contribution is 2.31. The molecule has 29 heavy (non-hydrogen) atoms. The van der Waals surface area contributed by atoms with Gasteiger partial charge in [-0.1, -0.05) is 0 Å². The van der Waals surface area contributed by atoms with Crippen molar-refractivity contribution in [3.63, 3.8) is 0 Å². The summed E-state index contributed by atoms with van der Waals surface area (Å²) in [5.41, 5.74) is 5.56. The van der Waals surface area contributed by atoms with Crippen molar-refractivity contribution >= 4 is 11.8 Å². The van der Waals surface area contributed by atoms with E-state index in [9.17, 15) is 9.59 Å². The maximum atomic E-state index is 12.5. The van der Waals surface area contributed by atoms with Crippen LogP contribution in [-0.4, -0.2) is 65.3 Å². The first-order valence-corrected chi connectivity index (χ1v) is 10.9. The van der Waals surface area contributed by atoms with Crippen LogP contribution in [0.25, 0.3) is 0 Å². The van der Waals surface area contributed by atoms with Gasteiger partial charge in [0.1, 0.15) is 5.82 Å². The fraction of sp³-hybridized carbons (Fsp3) is 0.750. The zero-order valence-electron chi connectivity index (χ0n) is 17.0. The van der Waals surface area contributed by atoms with E-state index in [4.69, 9.17) is 5.73 Å². The summed E-state index contributed by atoms with van der Waals surface area (Å²) in [6.07, 6.45) is 8.17. The van der Waals surface area contributed by atoms with Crippen molar-refractivity contribution in [2.45, 2.75) is 56.7 Å². The van der Waals surface area contributed by atoms with Gasteiger partial charge >= 0.3 is 11.7 Å². The van der Waals surface area contributed by atoms with Gasteiger partial charge < -0.3 is 21.3 Å². The van der Waals surface area contributed by atoms with Gasteiger partial charge in [0.05, 0.1) is 0 Å². The van der Waals surface area contributed by atoms with E-state index >= 15 is 0 Å². The van der Waals surface area contributed by atoms with E-state index in [1.165, 1.54) is 0 Å². The van der Waals surface area contributed by atoms with Crippen LogP contribution in [0.4, 0.5) is 10.6 Å². The Morgan fingerprint density at radius 2 is 1.93 bits per heavy atom. The van der Waals surface area contributed by atoms with Crippen LogP contribution in [0.3, 0.4) is 0 Å². The summed E-state index contributed by atoms with van der Waals surface area (Å²) in [6.45, 7) is 3.95. The van der Waals surface area contributed by atoms with Crippen molar-refractivity contribution in [2.75, 3.05) is 38.0 Å². The Morgan fingerprint density at radius 1 is 1.21 bits per heavy atom. The molecule has 4 rings (SSSR count). The molecule has 0 bridgehead atoms. The number of aromatic nitrogens is 2. The Kier molecular flexibility index (Phi) is 6.46. The second-order valence-corrected chi connectivity index (χ2v) is 8.68. The minimum Gasteiger partial charge on any atom is -0.328 e. The normalized spacial score (nSPS) is 29.9. The third kappa shape index (κ3) is 5.15. The number of rotatable bonds is 5. The lowest BCUT2D eigenvalue weighted by molar-refractivity contribution is 0.203. The molecule has 0 atom stereocenters. The summed E-state index contributed by atoms with van der Waals surface area (Å²) in [5.74, 6) is 0.996. The molecule has 0 radical (unpaired) electrons. The van der Waals surface area contributed by atoms with Crippen LogP contribution < -0.4 is 27.4 Å². The van der Waals surface area contributed by atoms with Gasteiger partial charge in [0.25, 0.3) is 0 Å². The fourth-order valence-corrected chi connectivity index (χ4v) is 4.61. The third-order valence-electron chi connectivity index (χ3n) is 6.55. The van der Waals surface area contributed by atoms with Crippen molar-refractivity contribution in [2.24, 2.45) is 11.7 Å². The first kappa shape index (κ1) is 20.3. The number of nitrogens with zero attached hydrogens (tertiary/aromatic N) is 3. The lowest BCUT2D eigenvalue weighted by atomic mass is 9.84. The molecule has 0 spiro atoms. The summed E-state index contributed by atoms with van der Waals surface area (Å²) in [6, 6.07) is 2.71. The van der Waals surface area contributed by atoms with E-state index in [-0.39, 0.29) is 17.8 Å². The largest absolute Gasteiger partial charge is 0.349 e. The maximum absolute atomic E-state index is 12.5. The average Bonchev–Trinajstić information content (AvgIpc) is 2.72. The van der Waals surface area contributed by atoms with Gasteiger partial charge in [-0.3, -0.25) is 9.88 Å². The van der Waals surface area contributed by atoms with Crippen molar-refractivity contribution in [1.29, 1.82) is 0 Å².